The first-order valence-corrected chi connectivity index (χ1v) is 6.50. The molecular weight excluding hydrogens is 303 g/mol. The zero-order chi connectivity index (χ0) is 16.5. The summed E-state index contributed by atoms with van der Waals surface area (Å²) < 4.78 is 45.5. The van der Waals surface area contributed by atoms with E-state index in [0.29, 0.717) is 0 Å². The van der Waals surface area contributed by atoms with E-state index in [9.17, 15) is 22.8 Å². The number of amides is 1. The van der Waals surface area contributed by atoms with Crippen molar-refractivity contribution in [1.82, 2.24) is 4.90 Å². The summed E-state index contributed by atoms with van der Waals surface area (Å²) >= 11 is 0. The predicted molar refractivity (Wildman–Crippen MR) is 69.7 cm³/mol. The van der Waals surface area contributed by atoms with Crippen LogP contribution in [0.3, 0.4) is 0 Å². The summed E-state index contributed by atoms with van der Waals surface area (Å²) in [6, 6.07) is 5.13. The van der Waals surface area contributed by atoms with Crippen LogP contribution in [-0.4, -0.2) is 46.7 Å². The largest absolute Gasteiger partial charge is 0.478 e. The zero-order valence-electron chi connectivity index (χ0n) is 11.7. The van der Waals surface area contributed by atoms with Crippen LogP contribution >= 0.6 is 0 Å². The molecule has 22 heavy (non-hydrogen) atoms. The van der Waals surface area contributed by atoms with E-state index in [2.05, 4.69) is 0 Å². The third-order valence-electron chi connectivity index (χ3n) is 3.62. The van der Waals surface area contributed by atoms with Crippen molar-refractivity contribution in [2.45, 2.75) is 25.1 Å². The Morgan fingerprint density at radius 1 is 1.32 bits per heavy atom. The molecular formula is C14H14F3NO4. The van der Waals surface area contributed by atoms with Gasteiger partial charge in [-0.1, -0.05) is 12.1 Å². The number of nitrogens with zero attached hydrogens (tertiary/aromatic N) is 1. The molecule has 8 heteroatoms. The first-order valence-electron chi connectivity index (χ1n) is 6.50. The van der Waals surface area contributed by atoms with Crippen LogP contribution in [0, 0.1) is 0 Å². The Morgan fingerprint density at radius 2 is 1.95 bits per heavy atom. The number of carbonyl (C=O) groups is 2. The number of hydrogen-bond donors (Lipinski definition) is 1. The lowest BCUT2D eigenvalue weighted by Crippen LogP contribution is -2.52. The summed E-state index contributed by atoms with van der Waals surface area (Å²) in [5, 5.41) is 9.04. The van der Waals surface area contributed by atoms with Gasteiger partial charge >= 0.3 is 12.1 Å². The van der Waals surface area contributed by atoms with E-state index in [1.807, 2.05) is 0 Å². The molecule has 0 aliphatic carbocycles. The highest BCUT2D eigenvalue weighted by atomic mass is 19.4. The number of halogens is 3. The van der Waals surface area contributed by atoms with Crippen molar-refractivity contribution in [1.29, 1.82) is 0 Å². The number of likely N-dealkylation sites (tertiary alicyclic amines) is 1. The van der Waals surface area contributed by atoms with Crippen molar-refractivity contribution in [2.24, 2.45) is 0 Å². The molecule has 1 amide bonds. The monoisotopic (exact) mass is 317 g/mol. The molecule has 1 atom stereocenters. The van der Waals surface area contributed by atoms with E-state index in [4.69, 9.17) is 9.84 Å². The van der Waals surface area contributed by atoms with Gasteiger partial charge in [0.1, 0.15) is 11.3 Å². The minimum atomic E-state index is -4.73. The van der Waals surface area contributed by atoms with Crippen molar-refractivity contribution in [2.75, 3.05) is 13.1 Å². The summed E-state index contributed by atoms with van der Waals surface area (Å²) in [4.78, 5) is 23.4. The molecule has 1 aromatic carbocycles. The lowest BCUT2D eigenvalue weighted by molar-refractivity contribution is -0.242. The second-order valence-electron chi connectivity index (χ2n) is 5.09. The maximum Gasteiger partial charge on any atom is 0.430 e. The zero-order valence-corrected chi connectivity index (χ0v) is 11.7. The average Bonchev–Trinajstić information content (AvgIpc) is 2.84. The number of carbonyl (C=O) groups excluding carboxylic acids is 1. The van der Waals surface area contributed by atoms with Crippen LogP contribution in [0.2, 0.25) is 0 Å². The summed E-state index contributed by atoms with van der Waals surface area (Å²) in [6.07, 6.45) is -5.17. The molecule has 1 aliphatic heterocycles. The number of carboxylic acids is 1. The van der Waals surface area contributed by atoms with E-state index in [0.717, 1.165) is 4.90 Å². The number of carboxylic acid groups (broad SMARTS) is 1. The summed E-state index contributed by atoms with van der Waals surface area (Å²) in [7, 11) is 0. The van der Waals surface area contributed by atoms with Crippen LogP contribution < -0.4 is 4.74 Å². The minimum Gasteiger partial charge on any atom is -0.478 e. The maximum atomic E-state index is 13.5. The Kier molecular flexibility index (Phi) is 4.04. The summed E-state index contributed by atoms with van der Waals surface area (Å²) in [5.41, 5.74) is -2.95. The molecule has 0 aromatic heterocycles. The highest BCUT2D eigenvalue weighted by molar-refractivity contribution is 5.90. The molecule has 5 nitrogen and oxygen atoms in total. The fraction of sp³-hybridized carbons (Fsp3) is 0.429. The van der Waals surface area contributed by atoms with E-state index < -0.39 is 36.6 Å². The molecule has 0 bridgehead atoms. The highest BCUT2D eigenvalue weighted by Gasteiger charge is 2.61. The van der Waals surface area contributed by atoms with Gasteiger partial charge in [0.2, 0.25) is 11.5 Å². The van der Waals surface area contributed by atoms with E-state index in [1.165, 1.54) is 31.2 Å². The molecule has 0 spiro atoms. The fourth-order valence-corrected chi connectivity index (χ4v) is 2.37. The van der Waals surface area contributed by atoms with E-state index >= 15 is 0 Å². The second-order valence-corrected chi connectivity index (χ2v) is 5.09. The van der Waals surface area contributed by atoms with Gasteiger partial charge in [0.05, 0.1) is 6.54 Å². The van der Waals surface area contributed by atoms with Gasteiger partial charge in [-0.25, -0.2) is 4.79 Å². The SMILES string of the molecule is CC(=O)N1CCC(Oc2ccccc2C(=O)O)(C(F)(F)F)C1. The van der Waals surface area contributed by atoms with Crippen LogP contribution in [-0.2, 0) is 4.79 Å². The lowest BCUT2D eigenvalue weighted by Gasteiger charge is -2.32. The topological polar surface area (TPSA) is 66.8 Å². The molecule has 1 saturated heterocycles. The number of alkyl halides is 3. The number of para-hydroxylation sites is 1. The third-order valence-corrected chi connectivity index (χ3v) is 3.62. The Bertz CT molecular complexity index is 602. The normalized spacial score (nSPS) is 21.7. The molecule has 2 rings (SSSR count). The van der Waals surface area contributed by atoms with Crippen LogP contribution in [0.5, 0.6) is 5.75 Å². The van der Waals surface area contributed by atoms with Crippen LogP contribution in [0.1, 0.15) is 23.7 Å². The first-order chi connectivity index (χ1) is 10.2. The molecule has 0 saturated carbocycles. The quantitative estimate of drug-likeness (QED) is 0.929. The maximum absolute atomic E-state index is 13.5. The summed E-state index contributed by atoms with van der Waals surface area (Å²) in [6.45, 7) is 0.432. The number of ether oxygens (including phenoxy) is 1. The fourth-order valence-electron chi connectivity index (χ4n) is 2.37. The van der Waals surface area contributed by atoms with Crippen molar-refractivity contribution in [3.63, 3.8) is 0 Å². The van der Waals surface area contributed by atoms with Crippen LogP contribution in [0.25, 0.3) is 0 Å². The summed E-state index contributed by atoms with van der Waals surface area (Å²) in [5.74, 6) is -2.23. The Morgan fingerprint density at radius 3 is 2.45 bits per heavy atom. The Labute approximate surface area is 124 Å². The van der Waals surface area contributed by atoms with Crippen LogP contribution in [0.15, 0.2) is 24.3 Å². The van der Waals surface area contributed by atoms with Gasteiger partial charge in [-0.05, 0) is 12.1 Å². The van der Waals surface area contributed by atoms with Crippen molar-refractivity contribution in [3.8, 4) is 5.75 Å². The van der Waals surface area contributed by atoms with Crippen molar-refractivity contribution in [3.05, 3.63) is 29.8 Å². The number of hydrogen-bond acceptors (Lipinski definition) is 3. The molecule has 1 aliphatic rings. The van der Waals surface area contributed by atoms with Gasteiger partial charge in [0.15, 0.2) is 0 Å². The highest BCUT2D eigenvalue weighted by Crippen LogP contribution is 2.42. The van der Waals surface area contributed by atoms with E-state index in [1.54, 1.807) is 0 Å². The molecule has 1 fully saturated rings. The molecule has 1 N–H and O–H groups in total. The van der Waals surface area contributed by atoms with Gasteiger partial charge in [-0.3, -0.25) is 4.79 Å². The van der Waals surface area contributed by atoms with Gasteiger partial charge < -0.3 is 14.7 Å². The van der Waals surface area contributed by atoms with Gasteiger partial charge in [-0.15, -0.1) is 0 Å². The van der Waals surface area contributed by atoms with Gasteiger partial charge in [-0.2, -0.15) is 13.2 Å². The van der Waals surface area contributed by atoms with Crippen molar-refractivity contribution < 1.29 is 32.6 Å². The Balaban J connectivity index is 2.38. The molecule has 1 heterocycles. The lowest BCUT2D eigenvalue weighted by atomic mass is 10.0. The minimum absolute atomic E-state index is 0.0932. The van der Waals surface area contributed by atoms with Gasteiger partial charge in [0.25, 0.3) is 0 Å². The number of rotatable bonds is 3. The molecule has 0 radical (unpaired) electrons. The van der Waals surface area contributed by atoms with Crippen molar-refractivity contribution >= 4 is 11.9 Å². The predicted octanol–water partition coefficient (Wildman–Crippen LogP) is 2.32. The number of benzene rings is 1. The van der Waals surface area contributed by atoms with Gasteiger partial charge in [0, 0.05) is 19.9 Å². The smallest absolute Gasteiger partial charge is 0.430 e. The third kappa shape index (κ3) is 2.86. The van der Waals surface area contributed by atoms with E-state index in [-0.39, 0.29) is 17.9 Å². The second kappa shape index (κ2) is 5.51. The first kappa shape index (κ1) is 16.1. The number of aromatic carboxylic acids is 1. The Hall–Kier alpha value is -2.25. The molecule has 120 valence electrons. The standard InChI is InChI=1S/C14H14F3NO4/c1-9(19)18-7-6-13(8-18,14(15,16)17)22-11-5-3-2-4-10(11)12(20)21/h2-5H,6-8H2,1H3,(H,20,21). The molecule has 1 unspecified atom stereocenters. The molecule has 1 aromatic rings. The average molecular weight is 317 g/mol. The van der Waals surface area contributed by atoms with Crippen LogP contribution in [0.4, 0.5) is 13.2 Å².